The fourth-order valence-electron chi connectivity index (χ4n) is 5.57. The minimum absolute atomic E-state index is 0.0423. The van der Waals surface area contributed by atoms with E-state index in [1.165, 1.54) is 0 Å². The monoisotopic (exact) mass is 633 g/mol. The third kappa shape index (κ3) is 7.73. The maximum absolute atomic E-state index is 14.2. The van der Waals surface area contributed by atoms with Gasteiger partial charge in [0.2, 0.25) is 0 Å². The molecule has 0 heterocycles. The van der Waals surface area contributed by atoms with Gasteiger partial charge in [0.1, 0.15) is 35.8 Å². The van der Waals surface area contributed by atoms with Crippen molar-refractivity contribution in [2.45, 2.75) is 24.6 Å². The molecule has 0 aliphatic heterocycles. The Bertz CT molecular complexity index is 1570. The molecule has 0 radical (unpaired) electrons. The first-order chi connectivity index (χ1) is 22.6. The number of thioether (sulfide) groups is 1. The number of benzene rings is 5. The van der Waals surface area contributed by atoms with Gasteiger partial charge in [-0.3, -0.25) is 10.1 Å². The molecule has 5 aromatic carbocycles. The zero-order valence-electron chi connectivity index (χ0n) is 26.3. The van der Waals surface area contributed by atoms with Crippen molar-refractivity contribution in [2.75, 3.05) is 26.4 Å². The van der Waals surface area contributed by atoms with E-state index in [1.54, 1.807) is 32.0 Å². The van der Waals surface area contributed by atoms with E-state index in [0.29, 0.717) is 23.9 Å². The van der Waals surface area contributed by atoms with Crippen LogP contribution in [-0.2, 0) is 28.1 Å². The molecular formula is C39H39NO5S. The summed E-state index contributed by atoms with van der Waals surface area (Å²) in [5, 5.41) is 3.84. The van der Waals surface area contributed by atoms with Crippen LogP contribution in [-0.4, -0.2) is 38.4 Å². The molecular weight excluding hydrogens is 594 g/mol. The van der Waals surface area contributed by atoms with E-state index in [2.05, 4.69) is 41.7 Å². The molecule has 0 aromatic heterocycles. The van der Waals surface area contributed by atoms with Crippen molar-refractivity contribution in [2.24, 2.45) is 0 Å². The maximum atomic E-state index is 14.2. The van der Waals surface area contributed by atoms with Crippen LogP contribution in [0.15, 0.2) is 133 Å². The molecule has 7 heteroatoms. The first kappa shape index (κ1) is 32.7. The Morgan fingerprint density at radius 2 is 1.26 bits per heavy atom. The van der Waals surface area contributed by atoms with E-state index in [-0.39, 0.29) is 12.6 Å². The van der Waals surface area contributed by atoms with Crippen LogP contribution in [0.4, 0.5) is 0 Å². The number of carbonyl (C=O) groups is 1. The summed E-state index contributed by atoms with van der Waals surface area (Å²) in [4.78, 5) is 14.2. The van der Waals surface area contributed by atoms with Crippen molar-refractivity contribution >= 4 is 17.7 Å². The molecule has 5 rings (SSSR count). The van der Waals surface area contributed by atoms with Crippen molar-refractivity contribution in [3.63, 3.8) is 0 Å². The summed E-state index contributed by atoms with van der Waals surface area (Å²) >= 11 is 1.61. The van der Waals surface area contributed by atoms with E-state index in [9.17, 15) is 4.79 Å². The van der Waals surface area contributed by atoms with Crippen LogP contribution >= 0.6 is 11.8 Å². The Morgan fingerprint density at radius 3 is 1.76 bits per heavy atom. The van der Waals surface area contributed by atoms with Crippen LogP contribution in [0.5, 0.6) is 17.2 Å². The van der Waals surface area contributed by atoms with Crippen LogP contribution in [0.25, 0.3) is 0 Å². The third-order valence-corrected chi connectivity index (χ3v) is 8.22. The molecule has 0 saturated carbocycles. The first-order valence-electron chi connectivity index (χ1n) is 15.1. The van der Waals surface area contributed by atoms with E-state index < -0.39 is 11.6 Å². The summed E-state index contributed by atoms with van der Waals surface area (Å²) < 4.78 is 22.8. The van der Waals surface area contributed by atoms with Crippen molar-refractivity contribution in [1.29, 1.82) is 0 Å². The summed E-state index contributed by atoms with van der Waals surface area (Å²) in [6.45, 7) is 0.0423. The molecule has 1 unspecified atom stereocenters. The van der Waals surface area contributed by atoms with Crippen molar-refractivity contribution in [3.05, 3.63) is 161 Å². The van der Waals surface area contributed by atoms with Crippen LogP contribution in [0.3, 0.4) is 0 Å². The molecule has 0 saturated heterocycles. The van der Waals surface area contributed by atoms with Gasteiger partial charge in [0.25, 0.3) is 0 Å². The predicted octanol–water partition coefficient (Wildman–Crippen LogP) is 7.64. The number of hydrogen-bond donors (Lipinski definition) is 1. The van der Waals surface area contributed by atoms with E-state index in [4.69, 9.17) is 18.9 Å². The molecule has 0 amide bonds. The maximum Gasteiger partial charge on any atom is 0.323 e. The Morgan fingerprint density at radius 1 is 0.717 bits per heavy atom. The Kier molecular flexibility index (Phi) is 11.4. The fraction of sp³-hybridized carbons (Fsp3) is 0.205. The van der Waals surface area contributed by atoms with Crippen LogP contribution in [0, 0.1) is 0 Å². The number of esters is 1. The van der Waals surface area contributed by atoms with Crippen LogP contribution < -0.4 is 19.5 Å². The number of rotatable bonds is 15. The second-order valence-electron chi connectivity index (χ2n) is 10.7. The molecule has 236 valence electrons. The summed E-state index contributed by atoms with van der Waals surface area (Å²) in [5.74, 6) is 2.22. The number of nitrogens with one attached hydrogen (secondary N) is 1. The van der Waals surface area contributed by atoms with Crippen molar-refractivity contribution < 1.29 is 23.7 Å². The lowest BCUT2D eigenvalue weighted by atomic mass is 9.76. The van der Waals surface area contributed by atoms with E-state index >= 15 is 0 Å². The molecule has 0 spiro atoms. The minimum Gasteiger partial charge on any atom is -0.497 e. The molecule has 1 atom stereocenters. The zero-order chi connectivity index (χ0) is 32.2. The normalized spacial score (nSPS) is 11.8. The highest BCUT2D eigenvalue weighted by Crippen LogP contribution is 2.38. The van der Waals surface area contributed by atoms with Crippen LogP contribution in [0.1, 0.15) is 27.8 Å². The number of carbonyl (C=O) groups excluding carboxylic acids is 1. The first-order valence-corrected chi connectivity index (χ1v) is 16.5. The largest absolute Gasteiger partial charge is 0.497 e. The van der Waals surface area contributed by atoms with Gasteiger partial charge in [-0.1, -0.05) is 103 Å². The van der Waals surface area contributed by atoms with E-state index in [1.807, 2.05) is 97.3 Å². The smallest absolute Gasteiger partial charge is 0.323 e. The highest BCUT2D eigenvalue weighted by molar-refractivity contribution is 7.98. The summed E-state index contributed by atoms with van der Waals surface area (Å²) in [7, 11) is 3.19. The molecule has 1 N–H and O–H groups in total. The standard InChI is InChI=1S/C39H39NO5S/c1-42-35-24-21-30(37(26-35)43-2)27-44-38(41)36(25-29-19-22-34(23-20-29)45-28-46-3)40-39(31-13-7-4-8-14-31,32-15-9-5-10-16-32)33-17-11-6-12-18-33/h4-24,26,36,40H,25,27-28H2,1-3H3. The zero-order valence-corrected chi connectivity index (χ0v) is 27.2. The third-order valence-electron chi connectivity index (χ3n) is 7.87. The molecule has 0 fully saturated rings. The molecule has 5 aromatic rings. The van der Waals surface area contributed by atoms with Crippen LogP contribution in [0.2, 0.25) is 0 Å². The van der Waals surface area contributed by atoms with Gasteiger partial charge < -0.3 is 18.9 Å². The lowest BCUT2D eigenvalue weighted by Gasteiger charge is -2.39. The lowest BCUT2D eigenvalue weighted by molar-refractivity contribution is -0.148. The lowest BCUT2D eigenvalue weighted by Crippen LogP contribution is -2.53. The van der Waals surface area contributed by atoms with Gasteiger partial charge in [-0.15, -0.1) is 11.8 Å². The van der Waals surface area contributed by atoms with E-state index in [0.717, 1.165) is 33.6 Å². The molecule has 0 bridgehead atoms. The summed E-state index contributed by atoms with van der Waals surface area (Å²) in [5.41, 5.74) is 3.85. The molecule has 0 aliphatic carbocycles. The SMILES string of the molecule is COc1ccc(COC(=O)C(Cc2ccc(OCSC)cc2)NC(c2ccccc2)(c2ccccc2)c2ccccc2)c(OC)c1. The Balaban J connectivity index is 1.56. The fourth-order valence-corrected chi connectivity index (χ4v) is 5.83. The van der Waals surface area contributed by atoms with Gasteiger partial charge in [0.05, 0.1) is 19.8 Å². The minimum atomic E-state index is -0.868. The second kappa shape index (κ2) is 16.0. The van der Waals surface area contributed by atoms with Gasteiger partial charge in [0, 0.05) is 11.6 Å². The average Bonchev–Trinajstić information content (AvgIpc) is 3.13. The predicted molar refractivity (Wildman–Crippen MR) is 185 cm³/mol. The quantitative estimate of drug-likeness (QED) is 0.0722. The Hall–Kier alpha value is -4.72. The molecule has 6 nitrogen and oxygen atoms in total. The number of ether oxygens (including phenoxy) is 4. The highest BCUT2D eigenvalue weighted by Gasteiger charge is 2.40. The van der Waals surface area contributed by atoms with Gasteiger partial charge >= 0.3 is 5.97 Å². The van der Waals surface area contributed by atoms with Gasteiger partial charge in [-0.05, 0) is 59.2 Å². The van der Waals surface area contributed by atoms with Gasteiger partial charge in [-0.25, -0.2) is 0 Å². The molecule has 46 heavy (non-hydrogen) atoms. The second-order valence-corrected chi connectivity index (χ2v) is 11.5. The molecule has 0 aliphatic rings. The van der Waals surface area contributed by atoms with Gasteiger partial charge in [0.15, 0.2) is 0 Å². The van der Waals surface area contributed by atoms with Crippen molar-refractivity contribution in [1.82, 2.24) is 5.32 Å². The number of methoxy groups -OCH3 is 2. The summed E-state index contributed by atoms with van der Waals surface area (Å²) in [6, 6.07) is 43.3. The average molecular weight is 634 g/mol. The Labute approximate surface area is 275 Å². The highest BCUT2D eigenvalue weighted by atomic mass is 32.2. The number of hydrogen-bond acceptors (Lipinski definition) is 7. The van der Waals surface area contributed by atoms with Crippen molar-refractivity contribution in [3.8, 4) is 17.2 Å². The topological polar surface area (TPSA) is 66.0 Å². The summed E-state index contributed by atoms with van der Waals surface area (Å²) in [6.07, 6.45) is 2.38. The van der Waals surface area contributed by atoms with Gasteiger partial charge in [-0.2, -0.15) is 0 Å².